The summed E-state index contributed by atoms with van der Waals surface area (Å²) in [4.78, 5) is 30.5. The van der Waals surface area contributed by atoms with E-state index in [0.29, 0.717) is 21.5 Å². The highest BCUT2D eigenvalue weighted by Gasteiger charge is 2.31. The lowest BCUT2D eigenvalue weighted by Gasteiger charge is -2.28. The van der Waals surface area contributed by atoms with Crippen LogP contribution in [0.3, 0.4) is 0 Å². The molecular formula is C26H30N2O4S. The highest BCUT2D eigenvalue weighted by molar-refractivity contribution is 8.18. The van der Waals surface area contributed by atoms with E-state index in [2.05, 4.69) is 46.5 Å². The fourth-order valence-electron chi connectivity index (χ4n) is 3.48. The number of aliphatic imine (C=N–C) groups is 1. The number of phenolic OH excluding ortho intramolecular Hbond substituents is 1. The SMILES string of the molecule is CN1C(=O)C(=Cc2cc(C(C)(C)C)c(O)c(C(C)(C)C)c2)SC1=Nc1ccc(C(=O)O)cc1. The highest BCUT2D eigenvalue weighted by Crippen LogP contribution is 2.41. The number of thioether (sulfide) groups is 1. The number of rotatable bonds is 3. The maximum Gasteiger partial charge on any atom is 0.335 e. The van der Waals surface area contributed by atoms with Gasteiger partial charge in [-0.2, -0.15) is 0 Å². The molecule has 6 nitrogen and oxygen atoms in total. The summed E-state index contributed by atoms with van der Waals surface area (Å²) in [5.74, 6) is -0.865. The van der Waals surface area contributed by atoms with Gasteiger partial charge in [0.2, 0.25) is 0 Å². The summed E-state index contributed by atoms with van der Waals surface area (Å²) in [5.41, 5.74) is 2.72. The second-order valence-corrected chi connectivity index (χ2v) is 11.2. The van der Waals surface area contributed by atoms with Crippen LogP contribution < -0.4 is 0 Å². The summed E-state index contributed by atoms with van der Waals surface area (Å²) >= 11 is 1.27. The summed E-state index contributed by atoms with van der Waals surface area (Å²) in [6, 6.07) is 10.1. The Morgan fingerprint density at radius 1 is 1.00 bits per heavy atom. The number of nitrogens with zero attached hydrogens (tertiary/aromatic N) is 2. The van der Waals surface area contributed by atoms with E-state index in [4.69, 9.17) is 5.11 Å². The summed E-state index contributed by atoms with van der Waals surface area (Å²) in [6.07, 6.45) is 1.84. The second-order valence-electron chi connectivity index (χ2n) is 10.2. The van der Waals surface area contributed by atoms with Gasteiger partial charge >= 0.3 is 5.97 Å². The van der Waals surface area contributed by atoms with Crippen molar-refractivity contribution in [2.45, 2.75) is 52.4 Å². The number of likely N-dealkylation sites (N-methyl/N-ethyl adjacent to an activating group) is 1. The predicted molar refractivity (Wildman–Crippen MR) is 134 cm³/mol. The Bertz CT molecular complexity index is 1130. The van der Waals surface area contributed by atoms with Gasteiger partial charge < -0.3 is 10.2 Å². The monoisotopic (exact) mass is 466 g/mol. The minimum atomic E-state index is -1.000. The van der Waals surface area contributed by atoms with Crippen molar-refractivity contribution in [3.05, 3.63) is 63.6 Å². The third-order valence-corrected chi connectivity index (χ3v) is 6.45. The number of amides is 1. The molecule has 0 aromatic heterocycles. The molecule has 2 aromatic carbocycles. The van der Waals surface area contributed by atoms with Crippen LogP contribution in [0, 0.1) is 0 Å². The smallest absolute Gasteiger partial charge is 0.335 e. The molecule has 0 aliphatic carbocycles. The van der Waals surface area contributed by atoms with E-state index in [1.54, 1.807) is 19.2 Å². The van der Waals surface area contributed by atoms with E-state index in [1.165, 1.54) is 28.8 Å². The molecule has 1 heterocycles. The molecule has 3 rings (SSSR count). The largest absolute Gasteiger partial charge is 0.507 e. The average molecular weight is 467 g/mol. The van der Waals surface area contributed by atoms with E-state index in [0.717, 1.165) is 16.7 Å². The Morgan fingerprint density at radius 2 is 1.52 bits per heavy atom. The minimum absolute atomic E-state index is 0.163. The number of carbonyl (C=O) groups is 2. The van der Waals surface area contributed by atoms with Gasteiger partial charge in [0.15, 0.2) is 5.17 Å². The molecule has 1 amide bonds. The van der Waals surface area contributed by atoms with E-state index in [-0.39, 0.29) is 22.3 Å². The first-order valence-corrected chi connectivity index (χ1v) is 11.5. The summed E-state index contributed by atoms with van der Waals surface area (Å²) < 4.78 is 0. The number of aromatic carboxylic acids is 1. The van der Waals surface area contributed by atoms with Crippen LogP contribution in [-0.2, 0) is 15.6 Å². The molecule has 1 aliphatic heterocycles. The van der Waals surface area contributed by atoms with Gasteiger partial charge in [0.1, 0.15) is 5.75 Å². The van der Waals surface area contributed by atoms with Gasteiger partial charge in [-0.1, -0.05) is 41.5 Å². The number of aromatic hydroxyl groups is 1. The van der Waals surface area contributed by atoms with Crippen LogP contribution in [0.1, 0.15) is 68.6 Å². The van der Waals surface area contributed by atoms with Crippen LogP contribution >= 0.6 is 11.8 Å². The van der Waals surface area contributed by atoms with Gasteiger partial charge in [0, 0.05) is 18.2 Å². The molecule has 0 unspecified atom stereocenters. The number of carboxylic acid groups (broad SMARTS) is 1. The molecule has 7 heteroatoms. The average Bonchev–Trinajstić information content (AvgIpc) is 2.95. The Hall–Kier alpha value is -3.06. The third kappa shape index (κ3) is 5.30. The zero-order valence-corrected chi connectivity index (χ0v) is 20.9. The zero-order valence-electron chi connectivity index (χ0n) is 20.1. The third-order valence-electron chi connectivity index (χ3n) is 5.39. The predicted octanol–water partition coefficient (Wildman–Crippen LogP) is 5.92. The number of carbonyl (C=O) groups excluding carboxylic acids is 1. The first-order chi connectivity index (χ1) is 15.2. The van der Waals surface area contributed by atoms with Gasteiger partial charge in [0.05, 0.1) is 16.2 Å². The first-order valence-electron chi connectivity index (χ1n) is 10.7. The number of hydrogen-bond donors (Lipinski definition) is 2. The minimum Gasteiger partial charge on any atom is -0.507 e. The molecule has 0 atom stereocenters. The van der Waals surface area contributed by atoms with Gasteiger partial charge in [-0.05, 0) is 70.6 Å². The van der Waals surface area contributed by atoms with Crippen LogP contribution in [0.2, 0.25) is 0 Å². The van der Waals surface area contributed by atoms with Crippen LogP contribution in [0.5, 0.6) is 5.75 Å². The molecule has 174 valence electrons. The van der Waals surface area contributed by atoms with E-state index >= 15 is 0 Å². The van der Waals surface area contributed by atoms with Crippen molar-refractivity contribution >= 4 is 40.6 Å². The highest BCUT2D eigenvalue weighted by atomic mass is 32.2. The van der Waals surface area contributed by atoms with E-state index in [1.807, 2.05) is 18.2 Å². The molecule has 33 heavy (non-hydrogen) atoms. The Balaban J connectivity index is 2.01. The van der Waals surface area contributed by atoms with Gasteiger partial charge in [-0.25, -0.2) is 9.79 Å². The molecule has 2 aromatic rings. The molecule has 0 bridgehead atoms. The fourth-order valence-corrected chi connectivity index (χ4v) is 4.46. The normalized spacial score (nSPS) is 17.3. The van der Waals surface area contributed by atoms with Gasteiger partial charge in [0.25, 0.3) is 5.91 Å². The molecule has 1 fully saturated rings. The van der Waals surface area contributed by atoms with Crippen LogP contribution in [-0.4, -0.2) is 39.2 Å². The van der Waals surface area contributed by atoms with Crippen LogP contribution in [0.4, 0.5) is 5.69 Å². The lowest BCUT2D eigenvalue weighted by Crippen LogP contribution is -2.23. The van der Waals surface area contributed by atoms with Gasteiger partial charge in [-0.3, -0.25) is 9.69 Å². The Kier molecular flexibility index (Phi) is 6.48. The lowest BCUT2D eigenvalue weighted by atomic mass is 9.78. The standard InChI is InChI=1S/C26H30N2O4S/c1-25(2,3)18-12-15(13-19(21(18)29)26(4,5)6)14-20-22(30)28(7)24(33-20)27-17-10-8-16(9-11-17)23(31)32/h8-14,29H,1-7H3,(H,31,32). The van der Waals surface area contributed by atoms with Crippen molar-refractivity contribution in [3.8, 4) is 5.75 Å². The van der Waals surface area contributed by atoms with E-state index < -0.39 is 5.97 Å². The number of amidine groups is 1. The summed E-state index contributed by atoms with van der Waals surface area (Å²) in [6.45, 7) is 12.3. The fraction of sp³-hybridized carbons (Fsp3) is 0.346. The number of carboxylic acids is 1. The topological polar surface area (TPSA) is 90.2 Å². The second kappa shape index (κ2) is 8.71. The maximum absolute atomic E-state index is 12.9. The van der Waals surface area contributed by atoms with Crippen molar-refractivity contribution in [2.75, 3.05) is 7.05 Å². The lowest BCUT2D eigenvalue weighted by molar-refractivity contribution is -0.121. The molecule has 0 radical (unpaired) electrons. The molecule has 1 aliphatic rings. The van der Waals surface area contributed by atoms with Crippen molar-refractivity contribution < 1.29 is 19.8 Å². The number of phenols is 1. The van der Waals surface area contributed by atoms with E-state index in [9.17, 15) is 14.7 Å². The first kappa shape index (κ1) is 24.6. The Labute approximate surface area is 199 Å². The van der Waals surface area contributed by atoms with Crippen molar-refractivity contribution in [3.63, 3.8) is 0 Å². The van der Waals surface area contributed by atoms with Gasteiger partial charge in [-0.15, -0.1) is 0 Å². The molecule has 0 spiro atoms. The van der Waals surface area contributed by atoms with Crippen molar-refractivity contribution in [2.24, 2.45) is 4.99 Å². The van der Waals surface area contributed by atoms with Crippen molar-refractivity contribution in [1.29, 1.82) is 0 Å². The molecular weight excluding hydrogens is 436 g/mol. The van der Waals surface area contributed by atoms with Crippen LogP contribution in [0.25, 0.3) is 6.08 Å². The number of benzene rings is 2. The molecule has 1 saturated heterocycles. The van der Waals surface area contributed by atoms with Crippen LogP contribution in [0.15, 0.2) is 46.3 Å². The van der Waals surface area contributed by atoms with Crippen molar-refractivity contribution in [1.82, 2.24) is 4.90 Å². The number of hydrogen-bond acceptors (Lipinski definition) is 5. The molecule has 0 saturated carbocycles. The zero-order chi connectivity index (χ0) is 24.7. The summed E-state index contributed by atoms with van der Waals surface area (Å²) in [5, 5.41) is 20.5. The Morgan fingerprint density at radius 3 is 1.97 bits per heavy atom. The summed E-state index contributed by atoms with van der Waals surface area (Å²) in [7, 11) is 1.67. The quantitative estimate of drug-likeness (QED) is 0.548. The maximum atomic E-state index is 12.9. The molecule has 2 N–H and O–H groups in total.